The Hall–Kier alpha value is -0.860. The molecule has 0 heterocycles. The van der Waals surface area contributed by atoms with E-state index in [-0.39, 0.29) is 11.9 Å². The molecule has 0 radical (unpaired) electrons. The van der Waals surface area contributed by atoms with Crippen LogP contribution in [-0.4, -0.2) is 6.04 Å². The minimum atomic E-state index is -0.299. The third-order valence-electron chi connectivity index (χ3n) is 3.76. The second-order valence-electron chi connectivity index (χ2n) is 5.28. The Morgan fingerprint density at radius 3 is 2.79 bits per heavy atom. The lowest BCUT2D eigenvalue weighted by molar-refractivity contribution is 0.594. The minimum Gasteiger partial charge on any atom is -0.324 e. The number of rotatable bonds is 3. The number of benzene rings is 1. The lowest BCUT2D eigenvalue weighted by Gasteiger charge is -2.19. The van der Waals surface area contributed by atoms with E-state index in [1.165, 1.54) is 43.4 Å². The minimum absolute atomic E-state index is 0.000983. The first-order valence-electron chi connectivity index (χ1n) is 7.05. The van der Waals surface area contributed by atoms with E-state index in [9.17, 15) is 4.39 Å². The van der Waals surface area contributed by atoms with Crippen LogP contribution in [0.1, 0.15) is 44.1 Å². The molecule has 104 valence electrons. The van der Waals surface area contributed by atoms with Crippen molar-refractivity contribution < 1.29 is 4.39 Å². The molecule has 0 aromatic heterocycles. The van der Waals surface area contributed by atoms with E-state index < -0.39 is 0 Å². The first-order chi connectivity index (χ1) is 9.16. The number of halogens is 2. The normalized spacial score (nSPS) is 21.1. The molecule has 2 rings (SSSR count). The van der Waals surface area contributed by atoms with Crippen LogP contribution in [0.25, 0.3) is 0 Å². The van der Waals surface area contributed by atoms with Crippen LogP contribution in [0.2, 0.25) is 5.02 Å². The summed E-state index contributed by atoms with van der Waals surface area (Å²) in [5.41, 5.74) is 8.55. The molecule has 0 amide bonds. The maximum absolute atomic E-state index is 13.0. The molecular weight excluding hydrogens is 261 g/mol. The van der Waals surface area contributed by atoms with Gasteiger partial charge in [0.15, 0.2) is 0 Å². The third-order valence-corrected chi connectivity index (χ3v) is 4.11. The van der Waals surface area contributed by atoms with Crippen LogP contribution in [0.3, 0.4) is 0 Å². The van der Waals surface area contributed by atoms with Gasteiger partial charge in [0.2, 0.25) is 0 Å². The molecule has 2 N–H and O–H groups in total. The Morgan fingerprint density at radius 1 is 1.21 bits per heavy atom. The highest BCUT2D eigenvalue weighted by Crippen LogP contribution is 2.23. The fourth-order valence-corrected chi connectivity index (χ4v) is 2.85. The number of nitrogens with two attached hydrogens (primary N) is 1. The molecule has 0 fully saturated rings. The fourth-order valence-electron chi connectivity index (χ4n) is 2.61. The molecule has 1 unspecified atom stereocenters. The molecule has 1 atom stereocenters. The van der Waals surface area contributed by atoms with Crippen molar-refractivity contribution in [1.82, 2.24) is 0 Å². The van der Waals surface area contributed by atoms with Gasteiger partial charge in [-0.3, -0.25) is 0 Å². The van der Waals surface area contributed by atoms with E-state index in [0.717, 1.165) is 18.4 Å². The van der Waals surface area contributed by atoms with Crippen molar-refractivity contribution in [2.75, 3.05) is 0 Å². The predicted molar refractivity (Wildman–Crippen MR) is 78.9 cm³/mol. The number of hydrogen-bond acceptors (Lipinski definition) is 1. The molecule has 1 nitrogen and oxygen atoms in total. The highest BCUT2D eigenvalue weighted by Gasteiger charge is 2.13. The van der Waals surface area contributed by atoms with Gasteiger partial charge in [0.1, 0.15) is 5.82 Å². The second-order valence-corrected chi connectivity index (χ2v) is 5.69. The molecule has 1 aliphatic rings. The average Bonchev–Trinajstić information content (AvgIpc) is 2.32. The monoisotopic (exact) mass is 281 g/mol. The van der Waals surface area contributed by atoms with Crippen LogP contribution in [-0.2, 0) is 6.42 Å². The highest BCUT2D eigenvalue weighted by atomic mass is 35.5. The zero-order valence-electron chi connectivity index (χ0n) is 11.2. The Morgan fingerprint density at radius 2 is 2.00 bits per heavy atom. The van der Waals surface area contributed by atoms with E-state index in [1.807, 2.05) is 0 Å². The maximum Gasteiger partial charge on any atom is 0.124 e. The number of allylic oxidation sites excluding steroid dienone is 1. The molecule has 0 saturated carbocycles. The van der Waals surface area contributed by atoms with Gasteiger partial charge in [-0.2, -0.15) is 0 Å². The first kappa shape index (κ1) is 14.5. The van der Waals surface area contributed by atoms with E-state index in [1.54, 1.807) is 6.07 Å². The molecule has 0 spiro atoms. The van der Waals surface area contributed by atoms with Gasteiger partial charge >= 0.3 is 0 Å². The molecule has 0 aliphatic heterocycles. The van der Waals surface area contributed by atoms with Crippen molar-refractivity contribution in [3.8, 4) is 0 Å². The van der Waals surface area contributed by atoms with Crippen molar-refractivity contribution in [3.05, 3.63) is 46.3 Å². The molecule has 3 heteroatoms. The van der Waals surface area contributed by atoms with Gasteiger partial charge in [0.25, 0.3) is 0 Å². The van der Waals surface area contributed by atoms with Crippen molar-refractivity contribution in [2.45, 2.75) is 51.0 Å². The fraction of sp³-hybridized carbons (Fsp3) is 0.500. The molecule has 1 aliphatic carbocycles. The summed E-state index contributed by atoms with van der Waals surface area (Å²) in [7, 11) is 0. The lowest BCUT2D eigenvalue weighted by atomic mass is 9.92. The Bertz CT molecular complexity index is 456. The summed E-state index contributed by atoms with van der Waals surface area (Å²) in [5.74, 6) is -0.299. The van der Waals surface area contributed by atoms with Crippen LogP contribution < -0.4 is 5.73 Å². The van der Waals surface area contributed by atoms with E-state index in [0.29, 0.717) is 11.4 Å². The molecule has 19 heavy (non-hydrogen) atoms. The van der Waals surface area contributed by atoms with Crippen molar-refractivity contribution >= 4 is 11.6 Å². The van der Waals surface area contributed by atoms with Crippen molar-refractivity contribution in [2.24, 2.45) is 5.73 Å². The maximum atomic E-state index is 13.0. The number of hydrogen-bond donors (Lipinski definition) is 1. The Labute approximate surface area is 119 Å². The van der Waals surface area contributed by atoms with Crippen molar-refractivity contribution in [1.29, 1.82) is 0 Å². The summed E-state index contributed by atoms with van der Waals surface area (Å²) in [6.07, 6.45) is 10.3. The first-order valence-corrected chi connectivity index (χ1v) is 7.43. The van der Waals surface area contributed by atoms with Gasteiger partial charge in [-0.25, -0.2) is 4.39 Å². The molecular formula is C16H21ClFN. The van der Waals surface area contributed by atoms with Gasteiger partial charge in [-0.1, -0.05) is 42.2 Å². The van der Waals surface area contributed by atoms with Gasteiger partial charge < -0.3 is 5.73 Å². The SMILES string of the molecule is NC(Cc1ccc(F)cc1Cl)/C1=C/CCCCCC1. The lowest BCUT2D eigenvalue weighted by Crippen LogP contribution is -2.26. The van der Waals surface area contributed by atoms with Crippen LogP contribution in [0, 0.1) is 5.82 Å². The summed E-state index contributed by atoms with van der Waals surface area (Å²) in [4.78, 5) is 0. The van der Waals surface area contributed by atoms with Gasteiger partial charge in [0, 0.05) is 11.1 Å². The quantitative estimate of drug-likeness (QED) is 0.803. The molecule has 1 aromatic carbocycles. The van der Waals surface area contributed by atoms with Crippen LogP contribution in [0.15, 0.2) is 29.8 Å². The van der Waals surface area contributed by atoms with Gasteiger partial charge in [0.05, 0.1) is 0 Å². The topological polar surface area (TPSA) is 26.0 Å². The average molecular weight is 282 g/mol. The van der Waals surface area contributed by atoms with Gasteiger partial charge in [-0.05, 0) is 49.8 Å². The molecule has 1 aromatic rings. The standard InChI is InChI=1S/C16H21ClFN/c17-15-11-14(18)9-8-13(15)10-16(19)12-6-4-2-1-3-5-7-12/h6,8-9,11,16H,1-5,7,10,19H2/b12-6+. The van der Waals surface area contributed by atoms with Crippen LogP contribution in [0.5, 0.6) is 0 Å². The Balaban J connectivity index is 2.04. The van der Waals surface area contributed by atoms with E-state index >= 15 is 0 Å². The summed E-state index contributed by atoms with van der Waals surface area (Å²) >= 11 is 6.06. The van der Waals surface area contributed by atoms with Crippen LogP contribution >= 0.6 is 11.6 Å². The summed E-state index contributed by atoms with van der Waals surface area (Å²) in [6.45, 7) is 0. The summed E-state index contributed by atoms with van der Waals surface area (Å²) < 4.78 is 13.0. The van der Waals surface area contributed by atoms with Crippen molar-refractivity contribution in [3.63, 3.8) is 0 Å². The summed E-state index contributed by atoms with van der Waals surface area (Å²) in [6, 6.07) is 4.54. The zero-order chi connectivity index (χ0) is 13.7. The summed E-state index contributed by atoms with van der Waals surface area (Å²) in [5, 5.41) is 0.474. The Kier molecular flexibility index (Phi) is 5.41. The third kappa shape index (κ3) is 4.32. The predicted octanol–water partition coefficient (Wildman–Crippen LogP) is 4.63. The van der Waals surface area contributed by atoms with E-state index in [2.05, 4.69) is 6.08 Å². The van der Waals surface area contributed by atoms with Crippen LogP contribution in [0.4, 0.5) is 4.39 Å². The smallest absolute Gasteiger partial charge is 0.124 e. The van der Waals surface area contributed by atoms with Gasteiger partial charge in [-0.15, -0.1) is 0 Å². The zero-order valence-corrected chi connectivity index (χ0v) is 11.9. The molecule has 0 saturated heterocycles. The highest BCUT2D eigenvalue weighted by molar-refractivity contribution is 6.31. The largest absolute Gasteiger partial charge is 0.324 e. The molecule has 0 bridgehead atoms. The van der Waals surface area contributed by atoms with E-state index in [4.69, 9.17) is 17.3 Å². The second kappa shape index (κ2) is 7.06.